The molecule has 1 fully saturated rings. The van der Waals surface area contributed by atoms with Crippen LogP contribution in [0.1, 0.15) is 46.8 Å². The Labute approximate surface area is 199 Å². The number of carbonyl (C=O) groups excluding carboxylic acids is 2. The molecule has 5 nitrogen and oxygen atoms in total. The minimum atomic E-state index is -4.78. The maximum absolute atomic E-state index is 13.3. The van der Waals surface area contributed by atoms with Crippen molar-refractivity contribution in [2.45, 2.75) is 31.5 Å². The van der Waals surface area contributed by atoms with Crippen LogP contribution in [0.15, 0.2) is 42.5 Å². The van der Waals surface area contributed by atoms with Gasteiger partial charge in [0, 0.05) is 22.7 Å². The molecule has 2 aromatic rings. The van der Waals surface area contributed by atoms with Crippen LogP contribution in [0.2, 0.25) is 0 Å². The molecule has 0 bridgehead atoms. The summed E-state index contributed by atoms with van der Waals surface area (Å²) in [5.41, 5.74) is -3.14. The van der Waals surface area contributed by atoms with Gasteiger partial charge in [-0.05, 0) is 61.6 Å². The van der Waals surface area contributed by atoms with Crippen LogP contribution >= 0.6 is 11.8 Å². The smallest absolute Gasteiger partial charge is 0.369 e. The molecule has 1 unspecified atom stereocenters. The van der Waals surface area contributed by atoms with Crippen molar-refractivity contribution in [3.8, 4) is 17.9 Å². The normalized spacial score (nSPS) is 15.9. The van der Waals surface area contributed by atoms with Crippen molar-refractivity contribution in [3.05, 3.63) is 64.7 Å². The van der Waals surface area contributed by atoms with E-state index in [1.165, 1.54) is 19.1 Å². The summed E-state index contributed by atoms with van der Waals surface area (Å²) < 4.78 is 39.9. The summed E-state index contributed by atoms with van der Waals surface area (Å²) in [7, 11) is 0. The summed E-state index contributed by atoms with van der Waals surface area (Å²) in [5, 5.41) is 22.7. The van der Waals surface area contributed by atoms with Gasteiger partial charge in [0.2, 0.25) is 5.60 Å². The van der Waals surface area contributed by atoms with Gasteiger partial charge < -0.3 is 10.4 Å². The number of Topliss-reactive ketones (excluding diaryl/α,β-unsaturated/α-hetero) is 1. The Morgan fingerprint density at radius 1 is 1.12 bits per heavy atom. The second kappa shape index (κ2) is 10.3. The molecule has 0 aliphatic carbocycles. The summed E-state index contributed by atoms with van der Waals surface area (Å²) >= 11 is 1.68. The minimum absolute atomic E-state index is 0.115. The zero-order chi connectivity index (χ0) is 24.9. The highest BCUT2D eigenvalue weighted by Gasteiger charge is 2.43. The molecule has 0 aromatic heterocycles. The first-order chi connectivity index (χ1) is 16.0. The summed E-state index contributed by atoms with van der Waals surface area (Å²) in [6, 6.07) is 10.6. The summed E-state index contributed by atoms with van der Waals surface area (Å²) in [5.74, 6) is 5.27. The fraction of sp³-hybridized carbons (Fsp3) is 0.320. The highest BCUT2D eigenvalue weighted by Crippen LogP contribution is 2.35. The van der Waals surface area contributed by atoms with E-state index in [2.05, 4.69) is 17.2 Å². The van der Waals surface area contributed by atoms with Crippen molar-refractivity contribution in [1.29, 1.82) is 5.26 Å². The van der Waals surface area contributed by atoms with Gasteiger partial charge in [-0.1, -0.05) is 24.0 Å². The number of rotatable bonds is 4. The van der Waals surface area contributed by atoms with Crippen molar-refractivity contribution in [2.24, 2.45) is 5.92 Å². The lowest BCUT2D eigenvalue weighted by Gasteiger charge is -2.33. The third kappa shape index (κ3) is 5.80. The average molecular weight is 487 g/mol. The zero-order valence-corrected chi connectivity index (χ0v) is 19.0. The highest BCUT2D eigenvalue weighted by molar-refractivity contribution is 7.99. The second-order valence-corrected chi connectivity index (χ2v) is 9.09. The van der Waals surface area contributed by atoms with Crippen molar-refractivity contribution in [1.82, 2.24) is 0 Å². The molecule has 0 spiro atoms. The molecule has 1 amide bonds. The van der Waals surface area contributed by atoms with Crippen LogP contribution in [-0.2, 0) is 11.0 Å². The van der Waals surface area contributed by atoms with Gasteiger partial charge >= 0.3 is 6.18 Å². The fourth-order valence-electron chi connectivity index (χ4n) is 3.60. The van der Waals surface area contributed by atoms with Crippen LogP contribution in [-0.4, -0.2) is 33.9 Å². The first kappa shape index (κ1) is 25.4. The van der Waals surface area contributed by atoms with Crippen LogP contribution in [0.4, 0.5) is 18.9 Å². The number of benzene rings is 2. The number of thioether (sulfide) groups is 1. The number of nitrogens with zero attached hydrogens (tertiary/aromatic N) is 1. The molecule has 0 radical (unpaired) electrons. The van der Waals surface area contributed by atoms with Crippen LogP contribution < -0.4 is 5.32 Å². The number of anilines is 1. The van der Waals surface area contributed by atoms with Gasteiger partial charge in [0.05, 0.1) is 17.2 Å². The third-order valence-corrected chi connectivity index (χ3v) is 6.60. The van der Waals surface area contributed by atoms with Crippen molar-refractivity contribution < 1.29 is 27.9 Å². The van der Waals surface area contributed by atoms with Gasteiger partial charge in [0.1, 0.15) is 0 Å². The lowest BCUT2D eigenvalue weighted by atomic mass is 9.82. The van der Waals surface area contributed by atoms with Crippen LogP contribution in [0.5, 0.6) is 0 Å². The number of halogens is 3. The Morgan fingerprint density at radius 3 is 2.32 bits per heavy atom. The second-order valence-electron chi connectivity index (χ2n) is 7.86. The number of carbonyl (C=O) groups is 2. The SMILES string of the molecule is CC(=O)c1ccc(C#CC(O)(C(=O)Nc2ccc(C#N)c(C(F)(F)F)c2)C2CCSCC2)cc1. The van der Waals surface area contributed by atoms with Crippen molar-refractivity contribution in [3.63, 3.8) is 0 Å². The molecule has 9 heteroatoms. The zero-order valence-electron chi connectivity index (χ0n) is 18.2. The average Bonchev–Trinajstić information content (AvgIpc) is 2.82. The van der Waals surface area contributed by atoms with Gasteiger partial charge in [0.15, 0.2) is 5.78 Å². The number of hydrogen-bond donors (Lipinski definition) is 2. The Bertz CT molecular complexity index is 1190. The number of aliphatic hydroxyl groups is 1. The minimum Gasteiger partial charge on any atom is -0.369 e. The molecule has 176 valence electrons. The Hall–Kier alpha value is -3.27. The Morgan fingerprint density at radius 2 is 1.76 bits per heavy atom. The van der Waals surface area contributed by atoms with Crippen LogP contribution in [0, 0.1) is 29.1 Å². The maximum Gasteiger partial charge on any atom is 0.417 e. The van der Waals surface area contributed by atoms with E-state index in [9.17, 15) is 27.9 Å². The number of ketones is 1. The van der Waals surface area contributed by atoms with E-state index in [0.29, 0.717) is 41.5 Å². The first-order valence-corrected chi connectivity index (χ1v) is 11.6. The molecule has 3 rings (SSSR count). The lowest BCUT2D eigenvalue weighted by Crippen LogP contribution is -2.49. The van der Waals surface area contributed by atoms with Gasteiger partial charge in [-0.2, -0.15) is 30.2 Å². The monoisotopic (exact) mass is 486 g/mol. The van der Waals surface area contributed by atoms with E-state index < -0.39 is 34.7 Å². The largest absolute Gasteiger partial charge is 0.417 e. The fourth-order valence-corrected chi connectivity index (χ4v) is 4.70. The van der Waals surface area contributed by atoms with E-state index in [-0.39, 0.29) is 11.5 Å². The lowest BCUT2D eigenvalue weighted by molar-refractivity contribution is -0.138. The molecule has 1 heterocycles. The molecular weight excluding hydrogens is 465 g/mol. The molecule has 1 aliphatic heterocycles. The summed E-state index contributed by atoms with van der Waals surface area (Å²) in [6.45, 7) is 1.43. The molecular formula is C25H21F3N2O3S. The van der Waals surface area contributed by atoms with Gasteiger partial charge in [0.25, 0.3) is 5.91 Å². The number of alkyl halides is 3. The quantitative estimate of drug-likeness (QED) is 0.485. The van der Waals surface area contributed by atoms with E-state index in [1.54, 1.807) is 36.0 Å². The van der Waals surface area contributed by atoms with Gasteiger partial charge in [-0.15, -0.1) is 0 Å². The van der Waals surface area contributed by atoms with E-state index in [1.807, 2.05) is 0 Å². The number of hydrogen-bond acceptors (Lipinski definition) is 5. The molecule has 2 N–H and O–H groups in total. The van der Waals surface area contributed by atoms with Gasteiger partial charge in [-0.25, -0.2) is 0 Å². The Balaban J connectivity index is 1.94. The summed E-state index contributed by atoms with van der Waals surface area (Å²) in [6.07, 6.45) is -3.77. The van der Waals surface area contributed by atoms with E-state index in [0.717, 1.165) is 6.07 Å². The number of nitriles is 1. The van der Waals surface area contributed by atoms with E-state index in [4.69, 9.17) is 5.26 Å². The topological polar surface area (TPSA) is 90.2 Å². The predicted molar refractivity (Wildman–Crippen MR) is 123 cm³/mol. The maximum atomic E-state index is 13.3. The van der Waals surface area contributed by atoms with Crippen molar-refractivity contribution >= 4 is 29.1 Å². The Kier molecular flexibility index (Phi) is 7.71. The summed E-state index contributed by atoms with van der Waals surface area (Å²) in [4.78, 5) is 24.6. The molecule has 34 heavy (non-hydrogen) atoms. The highest BCUT2D eigenvalue weighted by atomic mass is 32.2. The van der Waals surface area contributed by atoms with Crippen LogP contribution in [0.25, 0.3) is 0 Å². The number of nitrogens with one attached hydrogen (secondary N) is 1. The van der Waals surface area contributed by atoms with Crippen molar-refractivity contribution in [2.75, 3.05) is 16.8 Å². The third-order valence-electron chi connectivity index (χ3n) is 5.55. The molecule has 2 aromatic carbocycles. The molecule has 0 saturated carbocycles. The van der Waals surface area contributed by atoms with Gasteiger partial charge in [-0.3, -0.25) is 9.59 Å². The number of amides is 1. The molecule has 1 saturated heterocycles. The standard InChI is InChI=1S/C25H21F3N2O3S/c1-16(31)18-4-2-17(3-5-18)8-11-24(33,20-9-12-34-13-10-20)23(32)30-21-7-6-19(15-29)22(14-21)25(26,27)28/h2-7,14,20,33H,9-10,12-13H2,1H3,(H,30,32). The first-order valence-electron chi connectivity index (χ1n) is 10.4. The molecule has 1 atom stereocenters. The predicted octanol–water partition coefficient (Wildman–Crippen LogP) is 4.64. The molecule has 1 aliphatic rings. The van der Waals surface area contributed by atoms with Crippen LogP contribution in [0.3, 0.4) is 0 Å². The van der Waals surface area contributed by atoms with E-state index >= 15 is 0 Å².